The van der Waals surface area contributed by atoms with E-state index in [1.807, 2.05) is 0 Å². The Morgan fingerprint density at radius 2 is 1.20 bits per heavy atom. The average molecular weight is 141 g/mol. The van der Waals surface area contributed by atoms with E-state index in [4.69, 9.17) is 0 Å². The van der Waals surface area contributed by atoms with E-state index in [-0.39, 0.29) is 11.6 Å². The van der Waals surface area contributed by atoms with E-state index in [0.717, 1.165) is 0 Å². The van der Waals surface area contributed by atoms with Crippen LogP contribution >= 0.6 is 0 Å². The van der Waals surface area contributed by atoms with E-state index < -0.39 is 0 Å². The molecule has 2 heteroatoms. The Kier molecular flexibility index (Phi) is 5.90. The third kappa shape index (κ3) is 2.62. The quantitative estimate of drug-likeness (QED) is 0.586. The molecule has 0 bridgehead atoms. The van der Waals surface area contributed by atoms with Crippen molar-refractivity contribution < 1.29 is 5.48 Å². The van der Waals surface area contributed by atoms with Crippen molar-refractivity contribution in [3.8, 4) is 0 Å². The summed E-state index contributed by atoms with van der Waals surface area (Å²) in [5.74, 6) is 0. The fourth-order valence-corrected chi connectivity index (χ4v) is 0.663. The summed E-state index contributed by atoms with van der Waals surface area (Å²) in [4.78, 5) is 0. The van der Waals surface area contributed by atoms with Crippen LogP contribution in [0, 0.1) is 13.8 Å². The lowest BCUT2D eigenvalue weighted by Crippen LogP contribution is -1.74. The minimum atomic E-state index is 0. The van der Waals surface area contributed by atoms with Crippen molar-refractivity contribution in [1.82, 2.24) is 6.15 Å². The second-order valence-electron chi connectivity index (χ2n) is 2.08. The molecule has 2 nitrogen and oxygen atoms in total. The van der Waals surface area contributed by atoms with E-state index in [1.54, 1.807) is 0 Å². The van der Waals surface area contributed by atoms with Gasteiger partial charge in [0.1, 0.15) is 0 Å². The van der Waals surface area contributed by atoms with Gasteiger partial charge in [0.2, 0.25) is 0 Å². The third-order valence-corrected chi connectivity index (χ3v) is 1.43. The Morgan fingerprint density at radius 1 is 0.900 bits per heavy atom. The van der Waals surface area contributed by atoms with Crippen LogP contribution in [-0.4, -0.2) is 5.48 Å². The summed E-state index contributed by atoms with van der Waals surface area (Å²) in [6.07, 6.45) is 0. The molecule has 0 saturated carbocycles. The molecule has 0 aliphatic carbocycles. The Bertz CT molecular complexity index is 165. The van der Waals surface area contributed by atoms with Gasteiger partial charge in [-0.1, -0.05) is 24.3 Å². The molecule has 0 aliphatic rings. The largest absolute Gasteiger partial charge is 0.412 e. The SMILES string of the molecule is Cc1ccccc1C.N.O. The molecule has 0 unspecified atom stereocenters. The van der Waals surface area contributed by atoms with Crippen molar-refractivity contribution in [3.05, 3.63) is 35.4 Å². The molecule has 0 aromatic heterocycles. The van der Waals surface area contributed by atoms with Crippen molar-refractivity contribution in [1.29, 1.82) is 0 Å². The zero-order valence-electron chi connectivity index (χ0n) is 6.52. The van der Waals surface area contributed by atoms with Crippen LogP contribution < -0.4 is 6.15 Å². The summed E-state index contributed by atoms with van der Waals surface area (Å²) >= 11 is 0. The minimum absolute atomic E-state index is 0. The lowest BCUT2D eigenvalue weighted by atomic mass is 10.1. The maximum absolute atomic E-state index is 2.12. The molecule has 1 rings (SSSR count). The van der Waals surface area contributed by atoms with Crippen LogP contribution in [-0.2, 0) is 0 Å². The van der Waals surface area contributed by atoms with Crippen molar-refractivity contribution in [2.75, 3.05) is 0 Å². The maximum Gasteiger partial charge on any atom is -0.0395 e. The number of aryl methyl sites for hydroxylation is 2. The zero-order valence-corrected chi connectivity index (χ0v) is 6.52. The molecule has 0 fully saturated rings. The smallest absolute Gasteiger partial charge is 0.0395 e. The highest BCUT2D eigenvalue weighted by molar-refractivity contribution is 5.23. The summed E-state index contributed by atoms with van der Waals surface area (Å²) in [5.41, 5.74) is 2.74. The zero-order chi connectivity index (χ0) is 5.98. The third-order valence-electron chi connectivity index (χ3n) is 1.43. The topological polar surface area (TPSA) is 66.5 Å². The molecule has 0 spiro atoms. The average Bonchev–Trinajstić information content (AvgIpc) is 1.77. The standard InChI is InChI=1S/C8H10.H3N.H2O/c1-7-5-3-4-6-8(7)2;;/h3-6H,1-2H3;1H3;1H2. The van der Waals surface area contributed by atoms with E-state index in [2.05, 4.69) is 38.1 Å². The van der Waals surface area contributed by atoms with Gasteiger partial charge < -0.3 is 11.6 Å². The number of benzene rings is 1. The second-order valence-corrected chi connectivity index (χ2v) is 2.08. The van der Waals surface area contributed by atoms with Gasteiger partial charge in [-0.15, -0.1) is 0 Å². The van der Waals surface area contributed by atoms with Crippen LogP contribution in [0.1, 0.15) is 11.1 Å². The molecule has 0 atom stereocenters. The predicted molar refractivity (Wildman–Crippen MR) is 44.6 cm³/mol. The number of hydrogen-bond acceptors (Lipinski definition) is 1. The molecule has 58 valence electrons. The van der Waals surface area contributed by atoms with E-state index >= 15 is 0 Å². The predicted octanol–water partition coefficient (Wildman–Crippen LogP) is 1.64. The van der Waals surface area contributed by atoms with Gasteiger partial charge in [-0.3, -0.25) is 0 Å². The molecule has 5 N–H and O–H groups in total. The van der Waals surface area contributed by atoms with Gasteiger partial charge in [-0.05, 0) is 25.0 Å². The fourth-order valence-electron chi connectivity index (χ4n) is 0.663. The summed E-state index contributed by atoms with van der Waals surface area (Å²) in [5, 5.41) is 0. The van der Waals surface area contributed by atoms with Gasteiger partial charge in [-0.25, -0.2) is 0 Å². The Labute approximate surface area is 61.8 Å². The summed E-state index contributed by atoms with van der Waals surface area (Å²) in [6, 6.07) is 8.36. The monoisotopic (exact) mass is 141 g/mol. The Balaban J connectivity index is 0. The van der Waals surface area contributed by atoms with Gasteiger partial charge in [0, 0.05) is 0 Å². The lowest BCUT2D eigenvalue weighted by Gasteiger charge is -1.93. The van der Waals surface area contributed by atoms with Gasteiger partial charge in [0.15, 0.2) is 0 Å². The van der Waals surface area contributed by atoms with Crippen LogP contribution in [0.3, 0.4) is 0 Å². The molecule has 0 saturated heterocycles. The van der Waals surface area contributed by atoms with Crippen LogP contribution in [0.15, 0.2) is 24.3 Å². The molecule has 0 heterocycles. The van der Waals surface area contributed by atoms with Gasteiger partial charge in [-0.2, -0.15) is 0 Å². The van der Waals surface area contributed by atoms with Crippen molar-refractivity contribution in [3.63, 3.8) is 0 Å². The first-order valence-corrected chi connectivity index (χ1v) is 2.83. The number of rotatable bonds is 0. The molecule has 10 heavy (non-hydrogen) atoms. The van der Waals surface area contributed by atoms with Crippen LogP contribution in [0.5, 0.6) is 0 Å². The molecule has 1 aromatic rings. The summed E-state index contributed by atoms with van der Waals surface area (Å²) < 4.78 is 0. The van der Waals surface area contributed by atoms with Crippen LogP contribution in [0.2, 0.25) is 0 Å². The van der Waals surface area contributed by atoms with Crippen molar-refractivity contribution >= 4 is 0 Å². The van der Waals surface area contributed by atoms with E-state index in [9.17, 15) is 0 Å². The molecule has 0 radical (unpaired) electrons. The summed E-state index contributed by atoms with van der Waals surface area (Å²) in [7, 11) is 0. The highest BCUT2D eigenvalue weighted by Crippen LogP contribution is 2.02. The Morgan fingerprint density at radius 3 is 1.40 bits per heavy atom. The molecular weight excluding hydrogens is 126 g/mol. The van der Waals surface area contributed by atoms with E-state index in [0.29, 0.717) is 0 Å². The van der Waals surface area contributed by atoms with Gasteiger partial charge in [0.25, 0.3) is 0 Å². The van der Waals surface area contributed by atoms with E-state index in [1.165, 1.54) is 11.1 Å². The highest BCUT2D eigenvalue weighted by atomic mass is 16.0. The fraction of sp³-hybridized carbons (Fsp3) is 0.250. The molecule has 0 aliphatic heterocycles. The van der Waals surface area contributed by atoms with Gasteiger partial charge >= 0.3 is 0 Å². The number of hydrogen-bond donors (Lipinski definition) is 1. The first-order chi connectivity index (χ1) is 3.80. The van der Waals surface area contributed by atoms with Crippen molar-refractivity contribution in [2.24, 2.45) is 0 Å². The van der Waals surface area contributed by atoms with Gasteiger partial charge in [0.05, 0.1) is 0 Å². The minimum Gasteiger partial charge on any atom is -0.412 e. The highest BCUT2D eigenvalue weighted by Gasteiger charge is 1.83. The molecular formula is C8H15NO. The first kappa shape index (κ1) is 11.9. The Hall–Kier alpha value is -0.860. The normalized spacial score (nSPS) is 7.40. The summed E-state index contributed by atoms with van der Waals surface area (Å²) in [6.45, 7) is 4.24. The molecule has 0 amide bonds. The maximum atomic E-state index is 2.12. The van der Waals surface area contributed by atoms with Crippen LogP contribution in [0.25, 0.3) is 0 Å². The van der Waals surface area contributed by atoms with Crippen molar-refractivity contribution in [2.45, 2.75) is 13.8 Å². The van der Waals surface area contributed by atoms with Crippen LogP contribution in [0.4, 0.5) is 0 Å². The lowest BCUT2D eigenvalue weighted by molar-refractivity contribution is 0.824. The second kappa shape index (κ2) is 4.97. The molecule has 1 aromatic carbocycles. The first-order valence-electron chi connectivity index (χ1n) is 2.83.